The summed E-state index contributed by atoms with van der Waals surface area (Å²) < 4.78 is 1.77. The Morgan fingerprint density at radius 2 is 2.00 bits per heavy atom. The van der Waals surface area contributed by atoms with Gasteiger partial charge in [0.2, 0.25) is 5.95 Å². The van der Waals surface area contributed by atoms with E-state index in [1.54, 1.807) is 10.9 Å². The number of anilines is 1. The van der Waals surface area contributed by atoms with Crippen LogP contribution in [0.5, 0.6) is 0 Å². The fourth-order valence-electron chi connectivity index (χ4n) is 3.30. The summed E-state index contributed by atoms with van der Waals surface area (Å²) in [7, 11) is 1.90. The Hall–Kier alpha value is -2.25. The van der Waals surface area contributed by atoms with Gasteiger partial charge in [0.1, 0.15) is 0 Å². The lowest BCUT2D eigenvalue weighted by Gasteiger charge is -2.29. The lowest BCUT2D eigenvalue weighted by molar-refractivity contribution is 0.402. The van der Waals surface area contributed by atoms with Crippen molar-refractivity contribution in [2.24, 2.45) is 12.8 Å². The number of aromatic nitrogens is 5. The van der Waals surface area contributed by atoms with Gasteiger partial charge < -0.3 is 11.1 Å². The average molecular weight is 360 g/mol. The molecule has 4 rings (SSSR count). The van der Waals surface area contributed by atoms with E-state index in [1.807, 2.05) is 31.8 Å². The molecule has 3 heterocycles. The fraction of sp³-hybridized carbons (Fsp3) is 0.412. The molecule has 7 nitrogen and oxygen atoms in total. The second-order valence-corrected chi connectivity index (χ2v) is 6.42. The molecule has 0 bridgehead atoms. The zero-order valence-corrected chi connectivity index (χ0v) is 14.9. The Balaban J connectivity index is 0.00000182. The Labute approximate surface area is 152 Å². The highest BCUT2D eigenvalue weighted by Gasteiger charge is 2.22. The molecule has 0 amide bonds. The first-order valence-corrected chi connectivity index (χ1v) is 8.32. The van der Waals surface area contributed by atoms with Gasteiger partial charge in [-0.2, -0.15) is 5.10 Å². The van der Waals surface area contributed by atoms with E-state index in [0.29, 0.717) is 5.95 Å². The van der Waals surface area contributed by atoms with Crippen molar-refractivity contribution in [1.82, 2.24) is 24.7 Å². The molecule has 25 heavy (non-hydrogen) atoms. The molecule has 3 N–H and O–H groups in total. The van der Waals surface area contributed by atoms with Crippen LogP contribution >= 0.6 is 12.4 Å². The zero-order valence-electron chi connectivity index (χ0n) is 14.1. The van der Waals surface area contributed by atoms with Crippen LogP contribution in [0.1, 0.15) is 25.7 Å². The number of rotatable bonds is 3. The first-order valence-electron chi connectivity index (χ1n) is 8.32. The maximum absolute atomic E-state index is 6.22. The summed E-state index contributed by atoms with van der Waals surface area (Å²) in [5.74, 6) is 0.626. The summed E-state index contributed by atoms with van der Waals surface area (Å²) in [6.45, 7) is 0. The summed E-state index contributed by atoms with van der Waals surface area (Å²) in [4.78, 5) is 13.5. The molecule has 3 aromatic rings. The summed E-state index contributed by atoms with van der Waals surface area (Å²) in [6.07, 6.45) is 13.7. The lowest BCUT2D eigenvalue weighted by Crippen LogP contribution is -2.42. The smallest absolute Gasteiger partial charge is 0.223 e. The quantitative estimate of drug-likeness (QED) is 0.746. The minimum absolute atomic E-state index is 0. The van der Waals surface area contributed by atoms with Gasteiger partial charge in [-0.05, 0) is 12.8 Å². The van der Waals surface area contributed by atoms with E-state index < -0.39 is 0 Å². The third-order valence-corrected chi connectivity index (χ3v) is 4.64. The minimum Gasteiger partial charge on any atom is -0.350 e. The van der Waals surface area contributed by atoms with E-state index in [2.05, 4.69) is 20.4 Å². The predicted octanol–water partition coefficient (Wildman–Crippen LogP) is 2.53. The molecular formula is C17H22ClN7. The number of nitrogens with two attached hydrogens (primary N) is 1. The monoisotopic (exact) mass is 359 g/mol. The molecule has 132 valence electrons. The molecule has 8 heteroatoms. The molecule has 2 atom stereocenters. The van der Waals surface area contributed by atoms with Crippen LogP contribution in [0.25, 0.3) is 22.0 Å². The molecule has 0 radical (unpaired) electrons. The summed E-state index contributed by atoms with van der Waals surface area (Å²) >= 11 is 0. The highest BCUT2D eigenvalue weighted by Crippen LogP contribution is 2.27. The highest BCUT2D eigenvalue weighted by molar-refractivity contribution is 5.92. The maximum Gasteiger partial charge on any atom is 0.223 e. The van der Waals surface area contributed by atoms with E-state index in [4.69, 9.17) is 10.7 Å². The van der Waals surface area contributed by atoms with Crippen LogP contribution in [0.2, 0.25) is 0 Å². The average Bonchev–Trinajstić information content (AvgIpc) is 3.03. The second-order valence-electron chi connectivity index (χ2n) is 6.42. The summed E-state index contributed by atoms with van der Waals surface area (Å²) in [6, 6.07) is 0.396. The fourth-order valence-corrected chi connectivity index (χ4v) is 3.30. The normalized spacial score (nSPS) is 20.2. The Morgan fingerprint density at radius 1 is 1.16 bits per heavy atom. The Morgan fingerprint density at radius 3 is 2.76 bits per heavy atom. The van der Waals surface area contributed by atoms with Crippen molar-refractivity contribution in [2.45, 2.75) is 37.8 Å². The SMILES string of the molecule is Cl.Cn1cc(-c2cncc3cnc(NC4CCCCC4N)nc23)cn1. The van der Waals surface area contributed by atoms with Gasteiger partial charge in [-0.15, -0.1) is 12.4 Å². The topological polar surface area (TPSA) is 94.5 Å². The van der Waals surface area contributed by atoms with Gasteiger partial charge in [-0.3, -0.25) is 9.67 Å². The van der Waals surface area contributed by atoms with Crippen LogP contribution in [-0.4, -0.2) is 36.8 Å². The predicted molar refractivity (Wildman–Crippen MR) is 101 cm³/mol. The van der Waals surface area contributed by atoms with Gasteiger partial charge >= 0.3 is 0 Å². The molecule has 1 aliphatic carbocycles. The lowest BCUT2D eigenvalue weighted by atomic mass is 9.91. The first kappa shape index (κ1) is 17.6. The molecule has 3 aromatic heterocycles. The van der Waals surface area contributed by atoms with Gasteiger partial charge in [0.05, 0.1) is 11.7 Å². The van der Waals surface area contributed by atoms with Crippen LogP contribution in [0.4, 0.5) is 5.95 Å². The first-order chi connectivity index (χ1) is 11.7. The van der Waals surface area contributed by atoms with Crippen LogP contribution in [-0.2, 0) is 7.05 Å². The summed E-state index contributed by atoms with van der Waals surface area (Å²) in [5.41, 5.74) is 9.05. The van der Waals surface area contributed by atoms with Crippen LogP contribution in [0.15, 0.2) is 31.0 Å². The van der Waals surface area contributed by atoms with Gasteiger partial charge in [-0.25, -0.2) is 9.97 Å². The number of halogens is 1. The van der Waals surface area contributed by atoms with Crippen molar-refractivity contribution in [3.63, 3.8) is 0 Å². The van der Waals surface area contributed by atoms with Crippen LogP contribution < -0.4 is 11.1 Å². The highest BCUT2D eigenvalue weighted by atomic mass is 35.5. The molecule has 0 aromatic carbocycles. The molecule has 0 aliphatic heterocycles. The number of hydrogen-bond donors (Lipinski definition) is 2. The van der Waals surface area contributed by atoms with E-state index in [0.717, 1.165) is 34.9 Å². The minimum atomic E-state index is 0. The van der Waals surface area contributed by atoms with Crippen LogP contribution in [0, 0.1) is 0 Å². The number of nitrogens with zero attached hydrogens (tertiary/aromatic N) is 5. The van der Waals surface area contributed by atoms with Crippen molar-refractivity contribution in [2.75, 3.05) is 5.32 Å². The van der Waals surface area contributed by atoms with Crippen molar-refractivity contribution in [3.05, 3.63) is 31.0 Å². The van der Waals surface area contributed by atoms with Crippen LogP contribution in [0.3, 0.4) is 0 Å². The van der Waals surface area contributed by atoms with Crippen molar-refractivity contribution in [3.8, 4) is 11.1 Å². The maximum atomic E-state index is 6.22. The summed E-state index contributed by atoms with van der Waals surface area (Å²) in [5, 5.41) is 8.57. The second kappa shape index (κ2) is 7.33. The molecule has 0 spiro atoms. The van der Waals surface area contributed by atoms with Crippen molar-refractivity contribution >= 4 is 29.3 Å². The number of aryl methyl sites for hydroxylation is 1. The molecule has 0 saturated heterocycles. The number of fused-ring (bicyclic) bond motifs is 1. The molecular weight excluding hydrogens is 338 g/mol. The van der Waals surface area contributed by atoms with Gasteiger partial charge in [0.25, 0.3) is 0 Å². The standard InChI is InChI=1S/C17H21N7.ClH/c1-24-10-12(8-21-24)13-9-19-6-11-7-20-17(23-16(11)13)22-15-5-3-2-4-14(15)18;/h6-10,14-15H,2-5,18H2,1H3,(H,20,22,23);1H. The van der Waals surface area contributed by atoms with Gasteiger partial charge in [0, 0.05) is 60.4 Å². The van der Waals surface area contributed by atoms with E-state index in [-0.39, 0.29) is 24.5 Å². The zero-order chi connectivity index (χ0) is 16.5. The third-order valence-electron chi connectivity index (χ3n) is 4.64. The largest absolute Gasteiger partial charge is 0.350 e. The number of nitrogens with one attached hydrogen (secondary N) is 1. The third kappa shape index (κ3) is 3.57. The van der Waals surface area contributed by atoms with Gasteiger partial charge in [-0.1, -0.05) is 12.8 Å². The number of hydrogen-bond acceptors (Lipinski definition) is 6. The van der Waals surface area contributed by atoms with E-state index in [1.165, 1.54) is 12.8 Å². The van der Waals surface area contributed by atoms with Crippen molar-refractivity contribution in [1.29, 1.82) is 0 Å². The Kier molecular flexibility index (Phi) is 5.15. The molecule has 1 aliphatic rings. The van der Waals surface area contributed by atoms with Crippen molar-refractivity contribution < 1.29 is 0 Å². The van der Waals surface area contributed by atoms with E-state index in [9.17, 15) is 0 Å². The van der Waals surface area contributed by atoms with Gasteiger partial charge in [0.15, 0.2) is 0 Å². The molecule has 1 fully saturated rings. The Bertz CT molecular complexity index is 863. The molecule has 2 unspecified atom stereocenters. The van der Waals surface area contributed by atoms with E-state index >= 15 is 0 Å². The number of pyridine rings is 1. The molecule has 1 saturated carbocycles.